The number of nitrogens with one attached hydrogen (secondary N) is 1. The van der Waals surface area contributed by atoms with E-state index in [1.807, 2.05) is 0 Å². The number of hydrogen-bond donors (Lipinski definition) is 1. The van der Waals surface area contributed by atoms with Crippen LogP contribution in [0.15, 0.2) is 0 Å². The van der Waals surface area contributed by atoms with E-state index >= 15 is 0 Å². The van der Waals surface area contributed by atoms with Crippen LogP contribution in [0.1, 0.15) is 32.1 Å². The van der Waals surface area contributed by atoms with E-state index in [1.54, 1.807) is 0 Å². The summed E-state index contributed by atoms with van der Waals surface area (Å²) in [4.78, 5) is 2.46. The summed E-state index contributed by atoms with van der Waals surface area (Å²) in [5.74, 6) is 0.906. The highest BCUT2D eigenvalue weighted by Gasteiger charge is 2.49. The fraction of sp³-hybridized carbons (Fsp3) is 1.00. The lowest BCUT2D eigenvalue weighted by atomic mass is 9.82. The molecule has 2 saturated heterocycles. The zero-order valence-corrected chi connectivity index (χ0v) is 10.4. The van der Waals surface area contributed by atoms with E-state index in [1.165, 1.54) is 45.2 Å². The minimum Gasteiger partial charge on any atom is -0.372 e. The Morgan fingerprint density at radius 2 is 2.12 bits per heavy atom. The van der Waals surface area contributed by atoms with Gasteiger partial charge in [-0.25, -0.2) is 0 Å². The quantitative estimate of drug-likeness (QED) is 0.725. The molecule has 0 aromatic carbocycles. The maximum Gasteiger partial charge on any atom is 0.0850 e. The van der Waals surface area contributed by atoms with Crippen LogP contribution >= 0.6 is 0 Å². The molecule has 0 bridgehead atoms. The van der Waals surface area contributed by atoms with Crippen LogP contribution in [-0.4, -0.2) is 49.8 Å². The number of hydrogen-bond acceptors (Lipinski definition) is 3. The minimum absolute atomic E-state index is 0.171. The van der Waals surface area contributed by atoms with Gasteiger partial charge in [0.1, 0.15) is 0 Å². The fourth-order valence-corrected chi connectivity index (χ4v) is 3.49. The molecule has 2 atom stereocenters. The second-order valence-corrected chi connectivity index (χ2v) is 5.84. The smallest absolute Gasteiger partial charge is 0.0850 e. The van der Waals surface area contributed by atoms with Gasteiger partial charge in [-0.1, -0.05) is 0 Å². The molecule has 3 aliphatic rings. The van der Waals surface area contributed by atoms with Gasteiger partial charge in [0, 0.05) is 19.1 Å². The molecule has 2 heterocycles. The Hall–Kier alpha value is -0.120. The van der Waals surface area contributed by atoms with Gasteiger partial charge >= 0.3 is 0 Å². The average Bonchev–Trinajstić information content (AvgIpc) is 3.10. The van der Waals surface area contributed by atoms with Gasteiger partial charge in [-0.05, 0) is 51.6 Å². The normalized spacial score (nSPS) is 42.2. The predicted octanol–water partition coefficient (Wildman–Crippen LogP) is 1.24. The van der Waals surface area contributed by atoms with Crippen LogP contribution in [0.3, 0.4) is 0 Å². The van der Waals surface area contributed by atoms with E-state index in [0.717, 1.165) is 19.1 Å². The predicted molar refractivity (Wildman–Crippen MR) is 64.5 cm³/mol. The molecule has 0 aromatic rings. The van der Waals surface area contributed by atoms with Crippen molar-refractivity contribution in [2.45, 2.75) is 43.7 Å². The van der Waals surface area contributed by atoms with E-state index < -0.39 is 0 Å². The van der Waals surface area contributed by atoms with Gasteiger partial charge in [0.2, 0.25) is 0 Å². The summed E-state index contributed by atoms with van der Waals surface area (Å²) < 4.78 is 6.26. The zero-order chi connectivity index (χ0) is 11.0. The van der Waals surface area contributed by atoms with Crippen molar-refractivity contribution >= 4 is 0 Å². The SMILES string of the molecule is CN1CCCC2(CC1)OCCNC2C1CC1. The molecule has 0 aromatic heterocycles. The van der Waals surface area contributed by atoms with Gasteiger partial charge < -0.3 is 15.0 Å². The molecule has 3 nitrogen and oxygen atoms in total. The summed E-state index contributed by atoms with van der Waals surface area (Å²) >= 11 is 0. The Kier molecular flexibility index (Phi) is 2.94. The molecule has 92 valence electrons. The third-order valence-electron chi connectivity index (χ3n) is 4.57. The molecule has 2 aliphatic heterocycles. The molecule has 1 aliphatic carbocycles. The first-order valence-corrected chi connectivity index (χ1v) is 6.86. The van der Waals surface area contributed by atoms with Crippen molar-refractivity contribution in [3.05, 3.63) is 0 Å². The Balaban J connectivity index is 1.76. The van der Waals surface area contributed by atoms with Gasteiger partial charge in [-0.3, -0.25) is 0 Å². The minimum atomic E-state index is 0.171. The van der Waals surface area contributed by atoms with Gasteiger partial charge in [-0.2, -0.15) is 0 Å². The molecule has 3 heteroatoms. The summed E-state index contributed by atoms with van der Waals surface area (Å²) in [7, 11) is 2.24. The van der Waals surface area contributed by atoms with Crippen LogP contribution in [0, 0.1) is 5.92 Å². The number of nitrogens with zero attached hydrogens (tertiary/aromatic N) is 1. The van der Waals surface area contributed by atoms with Crippen LogP contribution in [0.25, 0.3) is 0 Å². The lowest BCUT2D eigenvalue weighted by Gasteiger charge is -2.44. The summed E-state index contributed by atoms with van der Waals surface area (Å²) in [6.07, 6.45) is 6.60. The number of morpholine rings is 1. The summed E-state index contributed by atoms with van der Waals surface area (Å²) in [5, 5.41) is 3.74. The van der Waals surface area contributed by atoms with E-state index in [2.05, 4.69) is 17.3 Å². The molecule has 16 heavy (non-hydrogen) atoms. The highest BCUT2D eigenvalue weighted by molar-refractivity contribution is 5.04. The van der Waals surface area contributed by atoms with Gasteiger partial charge in [0.25, 0.3) is 0 Å². The third kappa shape index (κ3) is 2.01. The van der Waals surface area contributed by atoms with Crippen LogP contribution in [0.5, 0.6) is 0 Å². The van der Waals surface area contributed by atoms with Crippen LogP contribution in [0.2, 0.25) is 0 Å². The van der Waals surface area contributed by atoms with Crippen LogP contribution in [-0.2, 0) is 4.74 Å². The Morgan fingerprint density at radius 3 is 2.94 bits per heavy atom. The van der Waals surface area contributed by atoms with Crippen LogP contribution < -0.4 is 5.32 Å². The number of rotatable bonds is 1. The number of likely N-dealkylation sites (tertiary alicyclic amines) is 1. The molecular formula is C13H24N2O. The average molecular weight is 224 g/mol. The second kappa shape index (κ2) is 4.28. The van der Waals surface area contributed by atoms with Crippen molar-refractivity contribution in [1.82, 2.24) is 10.2 Å². The van der Waals surface area contributed by atoms with Gasteiger partial charge in [0.15, 0.2) is 0 Å². The third-order valence-corrected chi connectivity index (χ3v) is 4.57. The lowest BCUT2D eigenvalue weighted by molar-refractivity contribution is -0.110. The molecule has 1 N–H and O–H groups in total. The Bertz CT molecular complexity index is 254. The van der Waals surface area contributed by atoms with Crippen molar-refractivity contribution in [2.75, 3.05) is 33.3 Å². The maximum atomic E-state index is 6.26. The first kappa shape index (κ1) is 11.0. The molecule has 3 fully saturated rings. The van der Waals surface area contributed by atoms with Crippen molar-refractivity contribution < 1.29 is 4.74 Å². The van der Waals surface area contributed by atoms with Crippen LogP contribution in [0.4, 0.5) is 0 Å². The summed E-state index contributed by atoms with van der Waals surface area (Å²) in [6, 6.07) is 0.646. The molecular weight excluding hydrogens is 200 g/mol. The van der Waals surface area contributed by atoms with Crippen molar-refractivity contribution in [3.63, 3.8) is 0 Å². The first-order chi connectivity index (χ1) is 7.80. The van der Waals surface area contributed by atoms with E-state index in [9.17, 15) is 0 Å². The molecule has 1 saturated carbocycles. The standard InChI is InChI=1S/C13H24N2O/c1-15-8-2-5-13(6-9-15)12(11-3-4-11)14-7-10-16-13/h11-12,14H,2-10H2,1H3. The van der Waals surface area contributed by atoms with E-state index in [4.69, 9.17) is 4.74 Å². The highest BCUT2D eigenvalue weighted by atomic mass is 16.5. The Labute approximate surface area is 98.5 Å². The van der Waals surface area contributed by atoms with Crippen molar-refractivity contribution in [1.29, 1.82) is 0 Å². The largest absolute Gasteiger partial charge is 0.372 e. The molecule has 0 amide bonds. The monoisotopic (exact) mass is 224 g/mol. The molecule has 2 unspecified atom stereocenters. The van der Waals surface area contributed by atoms with E-state index in [-0.39, 0.29) is 5.60 Å². The molecule has 1 spiro atoms. The van der Waals surface area contributed by atoms with Gasteiger partial charge in [0.05, 0.1) is 12.2 Å². The van der Waals surface area contributed by atoms with Crippen molar-refractivity contribution in [2.24, 2.45) is 5.92 Å². The highest BCUT2D eigenvalue weighted by Crippen LogP contribution is 2.43. The topological polar surface area (TPSA) is 24.5 Å². The number of ether oxygens (including phenoxy) is 1. The summed E-state index contributed by atoms with van der Waals surface area (Å²) in [6.45, 7) is 4.40. The second-order valence-electron chi connectivity index (χ2n) is 5.84. The first-order valence-electron chi connectivity index (χ1n) is 6.86. The maximum absolute atomic E-state index is 6.26. The van der Waals surface area contributed by atoms with Crippen molar-refractivity contribution in [3.8, 4) is 0 Å². The summed E-state index contributed by atoms with van der Waals surface area (Å²) in [5.41, 5.74) is 0.171. The lowest BCUT2D eigenvalue weighted by Crippen LogP contribution is -2.59. The molecule has 0 radical (unpaired) electrons. The molecule has 3 rings (SSSR count). The van der Waals surface area contributed by atoms with Gasteiger partial charge in [-0.15, -0.1) is 0 Å². The Morgan fingerprint density at radius 1 is 1.25 bits per heavy atom. The zero-order valence-electron chi connectivity index (χ0n) is 10.4. The fourth-order valence-electron chi connectivity index (χ4n) is 3.49. The van der Waals surface area contributed by atoms with E-state index in [0.29, 0.717) is 6.04 Å².